The summed E-state index contributed by atoms with van der Waals surface area (Å²) in [6, 6.07) is 0.465. The summed E-state index contributed by atoms with van der Waals surface area (Å²) < 4.78 is 0.476. The number of pyridine rings is 1. The molecule has 1 aromatic heterocycles. The molecule has 2 rings (SSSR count). The average molecular weight is 358 g/mol. The number of carboxylic acid groups (broad SMARTS) is 1. The fourth-order valence-corrected chi connectivity index (χ4v) is 2.99. The topological polar surface area (TPSA) is 105 Å². The summed E-state index contributed by atoms with van der Waals surface area (Å²) in [4.78, 5) is 25.9. The molecular formula is C13H16BrN3O4. The number of aliphatic carboxylic acids is 1. The van der Waals surface area contributed by atoms with Crippen LogP contribution in [0.25, 0.3) is 0 Å². The van der Waals surface area contributed by atoms with E-state index in [1.165, 1.54) is 12.3 Å². The molecule has 1 saturated carbocycles. The van der Waals surface area contributed by atoms with Crippen molar-refractivity contribution in [1.82, 2.24) is 4.98 Å². The fraction of sp³-hybridized carbons (Fsp3) is 0.538. The van der Waals surface area contributed by atoms with Crippen LogP contribution in [-0.4, -0.2) is 27.0 Å². The molecule has 2 N–H and O–H groups in total. The Hall–Kier alpha value is -1.70. The van der Waals surface area contributed by atoms with Gasteiger partial charge in [0.05, 0.1) is 4.92 Å². The van der Waals surface area contributed by atoms with Gasteiger partial charge in [-0.1, -0.05) is 19.3 Å². The number of carbonyl (C=O) groups is 1. The van der Waals surface area contributed by atoms with E-state index >= 15 is 0 Å². The molecule has 0 amide bonds. The quantitative estimate of drug-likeness (QED) is 0.619. The molecule has 1 fully saturated rings. The lowest BCUT2D eigenvalue weighted by Gasteiger charge is -2.28. The van der Waals surface area contributed by atoms with Crippen molar-refractivity contribution in [1.29, 1.82) is 0 Å². The Labute approximate surface area is 130 Å². The molecule has 1 heterocycles. The number of nitrogens with one attached hydrogen (secondary N) is 1. The molecule has 0 radical (unpaired) electrons. The van der Waals surface area contributed by atoms with Gasteiger partial charge in [0.1, 0.15) is 6.04 Å². The largest absolute Gasteiger partial charge is 0.480 e. The summed E-state index contributed by atoms with van der Waals surface area (Å²) in [6.45, 7) is 0. The van der Waals surface area contributed by atoms with Crippen LogP contribution >= 0.6 is 15.9 Å². The Morgan fingerprint density at radius 1 is 1.48 bits per heavy atom. The average Bonchev–Trinajstić information content (AvgIpc) is 2.46. The second-order valence-corrected chi connectivity index (χ2v) is 6.05. The van der Waals surface area contributed by atoms with Gasteiger partial charge >= 0.3 is 11.7 Å². The van der Waals surface area contributed by atoms with Gasteiger partial charge in [0.25, 0.3) is 0 Å². The Balaban J connectivity index is 2.24. The molecule has 1 atom stereocenters. The summed E-state index contributed by atoms with van der Waals surface area (Å²) in [5, 5.41) is 23.2. The highest BCUT2D eigenvalue weighted by Gasteiger charge is 2.31. The molecule has 0 aliphatic heterocycles. The number of carboxylic acids is 1. The van der Waals surface area contributed by atoms with Crippen LogP contribution in [0.15, 0.2) is 16.7 Å². The number of nitro groups is 1. The first-order valence-electron chi connectivity index (χ1n) is 6.78. The third-order valence-electron chi connectivity index (χ3n) is 3.71. The molecule has 0 bridgehead atoms. The number of rotatable bonds is 5. The van der Waals surface area contributed by atoms with Crippen molar-refractivity contribution in [3.8, 4) is 0 Å². The summed E-state index contributed by atoms with van der Waals surface area (Å²) in [5.41, 5.74) is -0.230. The summed E-state index contributed by atoms with van der Waals surface area (Å²) in [7, 11) is 0. The fourth-order valence-electron chi connectivity index (χ4n) is 2.67. The maximum absolute atomic E-state index is 11.5. The van der Waals surface area contributed by atoms with Gasteiger partial charge in [-0.3, -0.25) is 10.1 Å². The van der Waals surface area contributed by atoms with Crippen LogP contribution in [0.1, 0.15) is 32.1 Å². The number of anilines is 1. The molecule has 1 unspecified atom stereocenters. The van der Waals surface area contributed by atoms with Gasteiger partial charge in [-0.05, 0) is 34.7 Å². The lowest BCUT2D eigenvalue weighted by atomic mass is 9.84. The van der Waals surface area contributed by atoms with Crippen molar-refractivity contribution in [3.63, 3.8) is 0 Å². The highest BCUT2D eigenvalue weighted by Crippen LogP contribution is 2.31. The first-order valence-corrected chi connectivity index (χ1v) is 7.57. The molecule has 7 nitrogen and oxygen atoms in total. The Kier molecular flexibility index (Phi) is 5.11. The van der Waals surface area contributed by atoms with E-state index in [4.69, 9.17) is 0 Å². The van der Waals surface area contributed by atoms with Crippen LogP contribution in [-0.2, 0) is 4.79 Å². The van der Waals surface area contributed by atoms with E-state index in [0.717, 1.165) is 32.1 Å². The normalized spacial score (nSPS) is 17.2. The molecule has 114 valence electrons. The highest BCUT2D eigenvalue weighted by atomic mass is 79.9. The zero-order valence-corrected chi connectivity index (χ0v) is 12.9. The second kappa shape index (κ2) is 6.84. The van der Waals surface area contributed by atoms with Crippen LogP contribution in [0.4, 0.5) is 11.5 Å². The lowest BCUT2D eigenvalue weighted by molar-refractivity contribution is -0.384. The van der Waals surface area contributed by atoms with Crippen molar-refractivity contribution in [2.75, 3.05) is 5.32 Å². The predicted molar refractivity (Wildman–Crippen MR) is 80.2 cm³/mol. The first-order chi connectivity index (χ1) is 9.99. The summed E-state index contributed by atoms with van der Waals surface area (Å²) >= 11 is 3.13. The minimum Gasteiger partial charge on any atom is -0.480 e. The molecule has 0 aromatic carbocycles. The van der Waals surface area contributed by atoms with Crippen molar-refractivity contribution >= 4 is 33.4 Å². The number of halogens is 1. The van der Waals surface area contributed by atoms with Crippen molar-refractivity contribution in [2.24, 2.45) is 5.92 Å². The van der Waals surface area contributed by atoms with E-state index < -0.39 is 16.9 Å². The third-order valence-corrected chi connectivity index (χ3v) is 4.14. The second-order valence-electron chi connectivity index (χ2n) is 5.14. The third kappa shape index (κ3) is 3.90. The maximum atomic E-state index is 11.5. The van der Waals surface area contributed by atoms with Crippen LogP contribution in [0.5, 0.6) is 0 Å². The van der Waals surface area contributed by atoms with Crippen molar-refractivity contribution < 1.29 is 14.8 Å². The minimum absolute atomic E-state index is 0.00109. The summed E-state index contributed by atoms with van der Waals surface area (Å²) in [6.07, 6.45) is 6.13. The van der Waals surface area contributed by atoms with E-state index in [2.05, 4.69) is 26.2 Å². The molecule has 8 heteroatoms. The molecule has 0 spiro atoms. The van der Waals surface area contributed by atoms with Crippen LogP contribution < -0.4 is 5.32 Å². The van der Waals surface area contributed by atoms with Gasteiger partial charge in [-0.15, -0.1) is 0 Å². The van der Waals surface area contributed by atoms with Crippen LogP contribution in [0.3, 0.4) is 0 Å². The number of hydrogen-bond donors (Lipinski definition) is 2. The first kappa shape index (κ1) is 15.7. The molecular weight excluding hydrogens is 342 g/mol. The standard InChI is InChI=1S/C13H16BrN3O4/c14-9-6-10(17(20)21)12(15-7-9)16-11(13(18)19)8-4-2-1-3-5-8/h6-8,11H,1-5H2,(H,15,16)(H,18,19). The molecule has 1 aliphatic rings. The highest BCUT2D eigenvalue weighted by molar-refractivity contribution is 9.10. The summed E-state index contributed by atoms with van der Waals surface area (Å²) in [5.74, 6) is -1.02. The molecule has 1 aromatic rings. The number of nitrogens with zero attached hydrogens (tertiary/aromatic N) is 2. The minimum atomic E-state index is -0.999. The van der Waals surface area contributed by atoms with Gasteiger partial charge < -0.3 is 10.4 Å². The Bertz CT molecular complexity index is 546. The van der Waals surface area contributed by atoms with Crippen LogP contribution in [0, 0.1) is 16.0 Å². The monoisotopic (exact) mass is 357 g/mol. The zero-order valence-electron chi connectivity index (χ0n) is 11.3. The van der Waals surface area contributed by atoms with Crippen LogP contribution in [0.2, 0.25) is 0 Å². The smallest absolute Gasteiger partial charge is 0.326 e. The van der Waals surface area contributed by atoms with E-state index in [0.29, 0.717) is 4.47 Å². The lowest BCUT2D eigenvalue weighted by Crippen LogP contribution is -2.38. The SMILES string of the molecule is O=C(O)C(Nc1ncc(Br)cc1[N+](=O)[O-])C1CCCCC1. The van der Waals surface area contributed by atoms with E-state index in [9.17, 15) is 20.0 Å². The number of hydrogen-bond acceptors (Lipinski definition) is 5. The zero-order chi connectivity index (χ0) is 15.4. The van der Waals surface area contributed by atoms with Gasteiger partial charge in [0.2, 0.25) is 5.82 Å². The van der Waals surface area contributed by atoms with Gasteiger partial charge in [-0.25, -0.2) is 9.78 Å². The molecule has 21 heavy (non-hydrogen) atoms. The van der Waals surface area contributed by atoms with E-state index in [1.807, 2.05) is 0 Å². The van der Waals surface area contributed by atoms with E-state index in [1.54, 1.807) is 0 Å². The van der Waals surface area contributed by atoms with E-state index in [-0.39, 0.29) is 17.4 Å². The number of aromatic nitrogens is 1. The Morgan fingerprint density at radius 2 is 2.14 bits per heavy atom. The maximum Gasteiger partial charge on any atom is 0.326 e. The Morgan fingerprint density at radius 3 is 2.71 bits per heavy atom. The predicted octanol–water partition coefficient (Wildman–Crippen LogP) is 3.20. The van der Waals surface area contributed by atoms with Gasteiger partial charge in [0.15, 0.2) is 0 Å². The van der Waals surface area contributed by atoms with Crippen molar-refractivity contribution in [2.45, 2.75) is 38.1 Å². The van der Waals surface area contributed by atoms with Gasteiger partial charge in [0, 0.05) is 16.7 Å². The molecule has 0 saturated heterocycles. The van der Waals surface area contributed by atoms with Crippen molar-refractivity contribution in [3.05, 3.63) is 26.9 Å². The molecule has 1 aliphatic carbocycles. The van der Waals surface area contributed by atoms with Gasteiger partial charge in [-0.2, -0.15) is 0 Å².